The van der Waals surface area contributed by atoms with Crippen molar-refractivity contribution in [1.82, 2.24) is 9.78 Å². The Morgan fingerprint density at radius 3 is 2.89 bits per heavy atom. The highest BCUT2D eigenvalue weighted by molar-refractivity contribution is 6.31. The van der Waals surface area contributed by atoms with Gasteiger partial charge in [-0.05, 0) is 11.6 Å². The molecule has 1 aromatic heterocycles. The molecule has 0 bridgehead atoms. The van der Waals surface area contributed by atoms with Gasteiger partial charge in [-0.2, -0.15) is 5.10 Å². The van der Waals surface area contributed by atoms with E-state index in [1.807, 2.05) is 13.2 Å². The first kappa shape index (κ1) is 12.4. The standard InChI is InChI=1S/C11H11ClN4O2/c1-15-7-9(6-14-15)13-5-8-2-3-10(16(17)18)4-11(8)12/h2-4,6-7,13H,5H2,1H3. The summed E-state index contributed by atoms with van der Waals surface area (Å²) in [7, 11) is 1.82. The zero-order valence-corrected chi connectivity index (χ0v) is 10.4. The van der Waals surface area contributed by atoms with Crippen molar-refractivity contribution >= 4 is 23.0 Å². The Kier molecular flexibility index (Phi) is 3.47. The Labute approximate surface area is 108 Å². The molecule has 94 valence electrons. The van der Waals surface area contributed by atoms with Crippen LogP contribution in [-0.4, -0.2) is 14.7 Å². The summed E-state index contributed by atoms with van der Waals surface area (Å²) < 4.78 is 1.68. The molecule has 0 aliphatic rings. The average molecular weight is 267 g/mol. The van der Waals surface area contributed by atoms with Crippen molar-refractivity contribution in [3.05, 3.63) is 51.3 Å². The first-order valence-corrected chi connectivity index (χ1v) is 5.59. The Balaban J connectivity index is 2.08. The third-order valence-electron chi connectivity index (χ3n) is 2.44. The minimum Gasteiger partial charge on any atom is -0.378 e. The van der Waals surface area contributed by atoms with Crippen molar-refractivity contribution in [2.24, 2.45) is 7.05 Å². The van der Waals surface area contributed by atoms with Crippen LogP contribution in [0.4, 0.5) is 11.4 Å². The molecule has 6 nitrogen and oxygen atoms in total. The molecule has 0 radical (unpaired) electrons. The van der Waals surface area contributed by atoms with E-state index in [1.165, 1.54) is 12.1 Å². The van der Waals surface area contributed by atoms with Gasteiger partial charge in [0, 0.05) is 31.9 Å². The highest BCUT2D eigenvalue weighted by atomic mass is 35.5. The number of aromatic nitrogens is 2. The van der Waals surface area contributed by atoms with Crippen molar-refractivity contribution in [2.75, 3.05) is 5.32 Å². The number of hydrogen-bond acceptors (Lipinski definition) is 4. The molecule has 0 fully saturated rings. The van der Waals surface area contributed by atoms with Crippen molar-refractivity contribution in [3.8, 4) is 0 Å². The molecule has 1 aromatic carbocycles. The van der Waals surface area contributed by atoms with Gasteiger partial charge in [0.2, 0.25) is 0 Å². The molecule has 18 heavy (non-hydrogen) atoms. The van der Waals surface area contributed by atoms with E-state index in [0.29, 0.717) is 11.6 Å². The summed E-state index contributed by atoms with van der Waals surface area (Å²) in [5, 5.41) is 18.1. The summed E-state index contributed by atoms with van der Waals surface area (Å²) in [6.07, 6.45) is 3.53. The Morgan fingerprint density at radius 2 is 2.33 bits per heavy atom. The average Bonchev–Trinajstić information content (AvgIpc) is 2.73. The molecule has 0 saturated heterocycles. The zero-order chi connectivity index (χ0) is 13.1. The van der Waals surface area contributed by atoms with Gasteiger partial charge in [0.15, 0.2) is 0 Å². The Hall–Kier alpha value is -2.08. The third-order valence-corrected chi connectivity index (χ3v) is 2.79. The van der Waals surface area contributed by atoms with Gasteiger partial charge in [0.1, 0.15) is 0 Å². The second kappa shape index (κ2) is 5.05. The van der Waals surface area contributed by atoms with Gasteiger partial charge in [-0.15, -0.1) is 0 Å². The Bertz CT molecular complexity index is 582. The number of nitrogens with one attached hydrogen (secondary N) is 1. The van der Waals surface area contributed by atoms with E-state index in [4.69, 9.17) is 11.6 Å². The van der Waals surface area contributed by atoms with Crippen molar-refractivity contribution < 1.29 is 4.92 Å². The largest absolute Gasteiger partial charge is 0.378 e. The quantitative estimate of drug-likeness (QED) is 0.682. The summed E-state index contributed by atoms with van der Waals surface area (Å²) in [6.45, 7) is 0.489. The van der Waals surface area contributed by atoms with E-state index in [0.717, 1.165) is 11.3 Å². The van der Waals surface area contributed by atoms with Crippen LogP contribution in [0, 0.1) is 10.1 Å². The lowest BCUT2D eigenvalue weighted by Gasteiger charge is -2.05. The summed E-state index contributed by atoms with van der Waals surface area (Å²) in [4.78, 5) is 10.1. The number of benzene rings is 1. The normalized spacial score (nSPS) is 10.3. The lowest BCUT2D eigenvalue weighted by Crippen LogP contribution is -2.00. The molecule has 2 rings (SSSR count). The number of halogens is 1. The number of aryl methyl sites for hydroxylation is 1. The molecule has 7 heteroatoms. The lowest BCUT2D eigenvalue weighted by atomic mass is 10.2. The molecular weight excluding hydrogens is 256 g/mol. The minimum absolute atomic E-state index is 0.00914. The topological polar surface area (TPSA) is 73.0 Å². The summed E-state index contributed by atoms with van der Waals surface area (Å²) in [5.41, 5.74) is 1.66. The number of nitro groups is 1. The van der Waals surface area contributed by atoms with Crippen LogP contribution in [0.5, 0.6) is 0 Å². The maximum atomic E-state index is 10.6. The highest BCUT2D eigenvalue weighted by Crippen LogP contribution is 2.23. The van der Waals surface area contributed by atoms with Crippen LogP contribution in [0.15, 0.2) is 30.6 Å². The van der Waals surface area contributed by atoms with E-state index < -0.39 is 4.92 Å². The van der Waals surface area contributed by atoms with Crippen molar-refractivity contribution in [1.29, 1.82) is 0 Å². The fourth-order valence-electron chi connectivity index (χ4n) is 1.50. The van der Waals surface area contributed by atoms with E-state index in [9.17, 15) is 10.1 Å². The number of non-ortho nitro benzene ring substituents is 1. The molecule has 0 amide bonds. The van der Waals surface area contributed by atoms with Crippen molar-refractivity contribution in [2.45, 2.75) is 6.54 Å². The Morgan fingerprint density at radius 1 is 1.56 bits per heavy atom. The molecular formula is C11H11ClN4O2. The van der Waals surface area contributed by atoms with Crippen LogP contribution in [0.2, 0.25) is 5.02 Å². The SMILES string of the molecule is Cn1cc(NCc2ccc([N+](=O)[O-])cc2Cl)cn1. The van der Waals surface area contributed by atoms with Gasteiger partial charge in [0.05, 0.1) is 21.8 Å². The third kappa shape index (κ3) is 2.78. The molecule has 0 saturated carbocycles. The molecule has 1 heterocycles. The van der Waals surface area contributed by atoms with Gasteiger partial charge >= 0.3 is 0 Å². The van der Waals surface area contributed by atoms with Gasteiger partial charge < -0.3 is 5.32 Å². The van der Waals surface area contributed by atoms with Crippen LogP contribution in [-0.2, 0) is 13.6 Å². The number of rotatable bonds is 4. The van der Waals surface area contributed by atoms with E-state index in [-0.39, 0.29) is 5.69 Å². The molecule has 0 aliphatic heterocycles. The molecule has 0 aliphatic carbocycles. The van der Waals surface area contributed by atoms with Gasteiger partial charge in [-0.25, -0.2) is 0 Å². The van der Waals surface area contributed by atoms with E-state index in [1.54, 1.807) is 16.9 Å². The predicted molar refractivity (Wildman–Crippen MR) is 68.6 cm³/mol. The molecule has 0 atom stereocenters. The first-order valence-electron chi connectivity index (χ1n) is 5.21. The summed E-state index contributed by atoms with van der Waals surface area (Å²) in [6, 6.07) is 4.43. The second-order valence-electron chi connectivity index (χ2n) is 3.79. The van der Waals surface area contributed by atoms with E-state index in [2.05, 4.69) is 10.4 Å². The summed E-state index contributed by atoms with van der Waals surface area (Å²) in [5.74, 6) is 0. The number of anilines is 1. The molecule has 2 aromatic rings. The first-order chi connectivity index (χ1) is 8.56. The minimum atomic E-state index is -0.468. The fraction of sp³-hybridized carbons (Fsp3) is 0.182. The van der Waals surface area contributed by atoms with Gasteiger partial charge in [-0.1, -0.05) is 11.6 Å². The van der Waals surface area contributed by atoms with Crippen molar-refractivity contribution in [3.63, 3.8) is 0 Å². The second-order valence-corrected chi connectivity index (χ2v) is 4.20. The molecule has 0 spiro atoms. The van der Waals surface area contributed by atoms with Crippen LogP contribution in [0.1, 0.15) is 5.56 Å². The smallest absolute Gasteiger partial charge is 0.270 e. The van der Waals surface area contributed by atoms with Crippen LogP contribution >= 0.6 is 11.6 Å². The zero-order valence-electron chi connectivity index (χ0n) is 9.63. The predicted octanol–water partition coefficient (Wildman–Crippen LogP) is 2.59. The molecule has 1 N–H and O–H groups in total. The van der Waals surface area contributed by atoms with Gasteiger partial charge in [0.25, 0.3) is 5.69 Å². The van der Waals surface area contributed by atoms with E-state index >= 15 is 0 Å². The number of nitrogens with zero attached hydrogens (tertiary/aromatic N) is 3. The number of hydrogen-bond donors (Lipinski definition) is 1. The maximum absolute atomic E-state index is 10.6. The highest BCUT2D eigenvalue weighted by Gasteiger charge is 2.09. The maximum Gasteiger partial charge on any atom is 0.270 e. The van der Waals surface area contributed by atoms with Crippen LogP contribution < -0.4 is 5.32 Å². The summed E-state index contributed by atoms with van der Waals surface area (Å²) >= 11 is 5.98. The van der Waals surface area contributed by atoms with Gasteiger partial charge in [-0.3, -0.25) is 14.8 Å². The number of nitro benzene ring substituents is 1. The monoisotopic (exact) mass is 266 g/mol. The molecule has 0 unspecified atom stereocenters. The van der Waals surface area contributed by atoms with Crippen LogP contribution in [0.3, 0.4) is 0 Å². The fourth-order valence-corrected chi connectivity index (χ4v) is 1.74. The van der Waals surface area contributed by atoms with Crippen LogP contribution in [0.25, 0.3) is 0 Å². The lowest BCUT2D eigenvalue weighted by molar-refractivity contribution is -0.384.